The van der Waals surface area contributed by atoms with Gasteiger partial charge in [0.05, 0.1) is 6.20 Å². The van der Waals surface area contributed by atoms with Gasteiger partial charge in [-0.15, -0.1) is 0 Å². The van der Waals surface area contributed by atoms with E-state index in [0.717, 1.165) is 18.4 Å². The Morgan fingerprint density at radius 3 is 2.96 bits per heavy atom. The fraction of sp³-hybridized carbons (Fsp3) is 0.444. The Morgan fingerprint density at radius 1 is 1.39 bits per heavy atom. The van der Waals surface area contributed by atoms with Crippen molar-refractivity contribution in [1.29, 1.82) is 0 Å². The molecule has 0 aliphatic heterocycles. The molecule has 1 aromatic carbocycles. The Balaban J connectivity index is 1.68. The third-order valence-electron chi connectivity index (χ3n) is 4.53. The van der Waals surface area contributed by atoms with Crippen LogP contribution in [0.5, 0.6) is 0 Å². The number of aryl methyl sites for hydroxylation is 2. The predicted molar refractivity (Wildman–Crippen MR) is 88.3 cm³/mol. The van der Waals surface area contributed by atoms with E-state index in [1.54, 1.807) is 10.9 Å². The number of benzene rings is 1. The third kappa shape index (κ3) is 3.79. The number of aromatic nitrogens is 2. The van der Waals surface area contributed by atoms with E-state index < -0.39 is 12.0 Å². The highest BCUT2D eigenvalue weighted by Crippen LogP contribution is 2.24. The van der Waals surface area contributed by atoms with Crippen LogP contribution < -0.4 is 5.32 Å². The summed E-state index contributed by atoms with van der Waals surface area (Å²) in [5, 5.41) is 16.8. The smallest absolute Gasteiger partial charge is 0.321 e. The van der Waals surface area contributed by atoms with Gasteiger partial charge in [-0.3, -0.25) is 9.48 Å². The zero-order valence-electron chi connectivity index (χ0n) is 13.5. The molecule has 1 unspecified atom stereocenters. The van der Waals surface area contributed by atoms with Gasteiger partial charge in [0, 0.05) is 26.2 Å². The number of carboxylic acids is 1. The Labute approximate surface area is 136 Å². The Kier molecular flexibility index (Phi) is 4.76. The molecule has 0 spiro atoms. The van der Waals surface area contributed by atoms with E-state index in [2.05, 4.69) is 28.6 Å². The molecule has 0 bridgehead atoms. The second-order valence-electron chi connectivity index (χ2n) is 6.26. The molecule has 0 saturated carbocycles. The molecule has 23 heavy (non-hydrogen) atoms. The molecular weight excluding hydrogens is 290 g/mol. The van der Waals surface area contributed by atoms with Crippen molar-refractivity contribution >= 4 is 5.97 Å². The average molecular weight is 313 g/mol. The third-order valence-corrected chi connectivity index (χ3v) is 4.53. The first-order valence-electron chi connectivity index (χ1n) is 8.17. The van der Waals surface area contributed by atoms with Gasteiger partial charge in [0.25, 0.3) is 0 Å². The summed E-state index contributed by atoms with van der Waals surface area (Å²) in [7, 11) is 1.84. The van der Waals surface area contributed by atoms with Crippen molar-refractivity contribution in [3.8, 4) is 0 Å². The van der Waals surface area contributed by atoms with Crippen molar-refractivity contribution in [3.63, 3.8) is 0 Å². The molecule has 0 fully saturated rings. The van der Waals surface area contributed by atoms with Gasteiger partial charge in [-0.25, -0.2) is 0 Å². The molecule has 1 aromatic heterocycles. The molecule has 1 heterocycles. The topological polar surface area (TPSA) is 67.2 Å². The largest absolute Gasteiger partial charge is 0.480 e. The number of hydrogen-bond acceptors (Lipinski definition) is 3. The molecule has 1 aliphatic rings. The molecule has 122 valence electrons. The molecule has 2 aromatic rings. The Hall–Kier alpha value is -2.14. The lowest BCUT2D eigenvalue weighted by Crippen LogP contribution is -2.38. The number of carbonyl (C=O) groups is 1. The van der Waals surface area contributed by atoms with Crippen molar-refractivity contribution in [2.45, 2.75) is 44.7 Å². The minimum atomic E-state index is -0.821. The lowest BCUT2D eigenvalue weighted by atomic mass is 9.88. The zero-order valence-corrected chi connectivity index (χ0v) is 13.5. The molecule has 0 radical (unpaired) electrons. The summed E-state index contributed by atoms with van der Waals surface area (Å²) in [5.74, 6) is -0.821. The number of nitrogens with zero attached hydrogens (tertiary/aromatic N) is 2. The summed E-state index contributed by atoms with van der Waals surface area (Å²) in [6, 6.07) is 5.79. The summed E-state index contributed by atoms with van der Waals surface area (Å²) < 4.78 is 1.70. The number of carboxylic acid groups (broad SMARTS) is 1. The summed E-state index contributed by atoms with van der Waals surface area (Å²) in [5.41, 5.74) is 5.01. The number of rotatable bonds is 6. The molecule has 1 atom stereocenters. The quantitative estimate of drug-likeness (QED) is 0.857. The highest BCUT2D eigenvalue weighted by Gasteiger charge is 2.19. The van der Waals surface area contributed by atoms with Gasteiger partial charge in [0.2, 0.25) is 0 Å². The highest BCUT2D eigenvalue weighted by molar-refractivity contribution is 5.73. The van der Waals surface area contributed by atoms with Gasteiger partial charge in [0.15, 0.2) is 0 Å². The van der Waals surface area contributed by atoms with Crippen LogP contribution in [0.15, 0.2) is 30.6 Å². The second kappa shape index (κ2) is 6.96. The summed E-state index contributed by atoms with van der Waals surface area (Å²) >= 11 is 0. The van der Waals surface area contributed by atoms with Crippen LogP contribution in [0, 0.1) is 0 Å². The number of nitrogens with one attached hydrogen (secondary N) is 1. The van der Waals surface area contributed by atoms with Crippen molar-refractivity contribution in [1.82, 2.24) is 15.1 Å². The number of aliphatic carboxylic acids is 1. The van der Waals surface area contributed by atoms with E-state index in [9.17, 15) is 9.90 Å². The van der Waals surface area contributed by atoms with Crippen molar-refractivity contribution in [3.05, 3.63) is 52.8 Å². The molecule has 0 saturated heterocycles. The first kappa shape index (κ1) is 15.7. The fourth-order valence-electron chi connectivity index (χ4n) is 3.32. The molecule has 0 amide bonds. The molecule has 1 aliphatic carbocycles. The van der Waals surface area contributed by atoms with Crippen LogP contribution in [0.25, 0.3) is 0 Å². The zero-order chi connectivity index (χ0) is 16.2. The fourth-order valence-corrected chi connectivity index (χ4v) is 3.32. The van der Waals surface area contributed by atoms with E-state index in [1.807, 2.05) is 13.2 Å². The average Bonchev–Trinajstić information content (AvgIpc) is 2.96. The van der Waals surface area contributed by atoms with E-state index in [0.29, 0.717) is 13.0 Å². The summed E-state index contributed by atoms with van der Waals surface area (Å²) in [6.45, 7) is 0.598. The molecule has 5 nitrogen and oxygen atoms in total. The maximum atomic E-state index is 11.5. The maximum Gasteiger partial charge on any atom is 0.321 e. The highest BCUT2D eigenvalue weighted by atomic mass is 16.4. The van der Waals surface area contributed by atoms with Crippen molar-refractivity contribution in [2.75, 3.05) is 0 Å². The van der Waals surface area contributed by atoms with Gasteiger partial charge in [-0.2, -0.15) is 5.10 Å². The van der Waals surface area contributed by atoms with Crippen molar-refractivity contribution < 1.29 is 9.90 Å². The van der Waals surface area contributed by atoms with Crippen LogP contribution in [0.3, 0.4) is 0 Å². The van der Waals surface area contributed by atoms with Crippen LogP contribution in [0.1, 0.15) is 35.1 Å². The van der Waals surface area contributed by atoms with E-state index in [4.69, 9.17) is 0 Å². The van der Waals surface area contributed by atoms with Gasteiger partial charge in [0.1, 0.15) is 6.04 Å². The normalized spacial score (nSPS) is 15.2. The number of fused-ring (bicyclic) bond motifs is 1. The predicted octanol–water partition coefficient (Wildman–Crippen LogP) is 2.08. The Morgan fingerprint density at radius 2 is 2.22 bits per heavy atom. The minimum absolute atomic E-state index is 0.443. The lowest BCUT2D eigenvalue weighted by Gasteiger charge is -2.21. The molecule has 2 N–H and O–H groups in total. The van der Waals surface area contributed by atoms with Crippen LogP contribution in [0.4, 0.5) is 0 Å². The monoisotopic (exact) mass is 313 g/mol. The van der Waals surface area contributed by atoms with Gasteiger partial charge < -0.3 is 10.4 Å². The molecule has 5 heteroatoms. The van der Waals surface area contributed by atoms with Crippen LogP contribution in [-0.2, 0) is 37.6 Å². The van der Waals surface area contributed by atoms with E-state index in [-0.39, 0.29) is 0 Å². The van der Waals surface area contributed by atoms with Gasteiger partial charge >= 0.3 is 5.97 Å². The van der Waals surface area contributed by atoms with E-state index >= 15 is 0 Å². The SMILES string of the molecule is Cn1cc(CC(NCc2cccc3c2CCCC3)C(=O)O)cn1. The maximum absolute atomic E-state index is 11.5. The van der Waals surface area contributed by atoms with E-state index in [1.165, 1.54) is 29.5 Å². The first-order valence-corrected chi connectivity index (χ1v) is 8.17. The van der Waals surface area contributed by atoms with Crippen LogP contribution in [0.2, 0.25) is 0 Å². The molecule has 3 rings (SSSR count). The Bertz CT molecular complexity index is 693. The standard InChI is InChI=1S/C18H23N3O2/c1-21-12-13(10-20-21)9-17(18(22)23)19-11-15-7-4-6-14-5-2-3-8-16(14)15/h4,6-7,10,12,17,19H,2-3,5,8-9,11H2,1H3,(H,22,23). The van der Waals surface area contributed by atoms with Crippen molar-refractivity contribution in [2.24, 2.45) is 7.05 Å². The summed E-state index contributed by atoms with van der Waals surface area (Å²) in [4.78, 5) is 11.5. The second-order valence-corrected chi connectivity index (χ2v) is 6.26. The lowest BCUT2D eigenvalue weighted by molar-refractivity contribution is -0.139. The van der Waals surface area contributed by atoms with Gasteiger partial charge in [-0.05, 0) is 47.9 Å². The molecular formula is C18H23N3O2. The number of hydrogen-bond donors (Lipinski definition) is 2. The summed E-state index contributed by atoms with van der Waals surface area (Å²) in [6.07, 6.45) is 8.75. The van der Waals surface area contributed by atoms with Crippen LogP contribution in [-0.4, -0.2) is 26.9 Å². The first-order chi connectivity index (χ1) is 11.1. The minimum Gasteiger partial charge on any atom is -0.480 e. The van der Waals surface area contributed by atoms with Crippen LogP contribution >= 0.6 is 0 Å². The van der Waals surface area contributed by atoms with Gasteiger partial charge in [-0.1, -0.05) is 18.2 Å².